The van der Waals surface area contributed by atoms with Gasteiger partial charge in [0, 0.05) is 6.07 Å². The number of methoxy groups -OCH3 is 1. The first kappa shape index (κ1) is 13.2. The van der Waals surface area contributed by atoms with Gasteiger partial charge >= 0.3 is 0 Å². The van der Waals surface area contributed by atoms with Crippen molar-refractivity contribution in [1.82, 2.24) is 0 Å². The Balaban J connectivity index is 2.30. The van der Waals surface area contributed by atoms with Crippen molar-refractivity contribution in [3.8, 4) is 22.6 Å². The number of rotatable bonds is 2. The van der Waals surface area contributed by atoms with Crippen LogP contribution in [0.1, 0.15) is 0 Å². The fourth-order valence-electron chi connectivity index (χ4n) is 2.17. The van der Waals surface area contributed by atoms with Crippen molar-refractivity contribution in [2.24, 2.45) is 0 Å². The standard InChI is InChI=1S/C16H11FO4/c1-20-14-7-11(18)6-12-15(19)13(8-21-16(12)14)9-2-4-10(17)5-3-9/h2-8,18H,1H3. The number of phenols is 1. The molecular weight excluding hydrogens is 275 g/mol. The summed E-state index contributed by atoms with van der Waals surface area (Å²) in [5, 5.41) is 9.86. The molecule has 0 aliphatic carbocycles. The van der Waals surface area contributed by atoms with E-state index in [0.717, 1.165) is 0 Å². The molecular formula is C16H11FO4. The van der Waals surface area contributed by atoms with Crippen LogP contribution in [0.3, 0.4) is 0 Å². The summed E-state index contributed by atoms with van der Waals surface area (Å²) in [6, 6.07) is 8.20. The van der Waals surface area contributed by atoms with Crippen molar-refractivity contribution in [2.45, 2.75) is 0 Å². The molecule has 3 rings (SSSR count). The molecule has 1 N–H and O–H groups in total. The predicted octanol–water partition coefficient (Wildman–Crippen LogP) is 3.31. The maximum atomic E-state index is 13.0. The lowest BCUT2D eigenvalue weighted by molar-refractivity contribution is 0.403. The Labute approximate surface area is 119 Å². The minimum atomic E-state index is -0.386. The second kappa shape index (κ2) is 4.94. The van der Waals surface area contributed by atoms with Crippen molar-refractivity contribution in [2.75, 3.05) is 7.11 Å². The molecule has 0 aliphatic rings. The monoisotopic (exact) mass is 286 g/mol. The normalized spacial score (nSPS) is 10.8. The Kier molecular flexibility index (Phi) is 3.10. The van der Waals surface area contributed by atoms with E-state index in [0.29, 0.717) is 5.56 Å². The lowest BCUT2D eigenvalue weighted by atomic mass is 10.1. The second-order valence-electron chi connectivity index (χ2n) is 4.51. The molecule has 0 amide bonds. The molecule has 2 aromatic carbocycles. The van der Waals surface area contributed by atoms with E-state index in [9.17, 15) is 14.3 Å². The van der Waals surface area contributed by atoms with Gasteiger partial charge in [-0.25, -0.2) is 4.39 Å². The maximum Gasteiger partial charge on any atom is 0.200 e. The maximum absolute atomic E-state index is 13.0. The predicted molar refractivity (Wildman–Crippen MR) is 76.1 cm³/mol. The SMILES string of the molecule is COc1cc(O)cc2c(=O)c(-c3ccc(F)cc3)coc12. The van der Waals surface area contributed by atoms with Crippen LogP contribution in [0.4, 0.5) is 4.39 Å². The van der Waals surface area contributed by atoms with E-state index in [2.05, 4.69) is 0 Å². The summed E-state index contributed by atoms with van der Waals surface area (Å²) in [7, 11) is 1.42. The smallest absolute Gasteiger partial charge is 0.200 e. The van der Waals surface area contributed by atoms with Crippen LogP contribution in [0.25, 0.3) is 22.1 Å². The summed E-state index contributed by atoms with van der Waals surface area (Å²) in [4.78, 5) is 12.5. The van der Waals surface area contributed by atoms with Crippen molar-refractivity contribution in [3.05, 3.63) is 58.7 Å². The van der Waals surface area contributed by atoms with E-state index >= 15 is 0 Å². The third-order valence-corrected chi connectivity index (χ3v) is 3.20. The van der Waals surface area contributed by atoms with E-state index < -0.39 is 0 Å². The Morgan fingerprint density at radius 2 is 1.90 bits per heavy atom. The molecule has 106 valence electrons. The summed E-state index contributed by atoms with van der Waals surface area (Å²) in [5.74, 6) is -0.209. The highest BCUT2D eigenvalue weighted by molar-refractivity contribution is 5.87. The van der Waals surface area contributed by atoms with Crippen LogP contribution in [0.2, 0.25) is 0 Å². The van der Waals surface area contributed by atoms with Gasteiger partial charge in [0.15, 0.2) is 11.3 Å². The number of phenolic OH excluding ortho intramolecular Hbond substituents is 1. The van der Waals surface area contributed by atoms with Gasteiger partial charge in [0.05, 0.1) is 18.1 Å². The average molecular weight is 286 g/mol. The van der Waals surface area contributed by atoms with Crippen LogP contribution in [0, 0.1) is 5.82 Å². The molecule has 21 heavy (non-hydrogen) atoms. The fourth-order valence-corrected chi connectivity index (χ4v) is 2.17. The molecule has 0 fully saturated rings. The third-order valence-electron chi connectivity index (χ3n) is 3.20. The number of hydrogen-bond acceptors (Lipinski definition) is 4. The van der Waals surface area contributed by atoms with Gasteiger partial charge in [-0.15, -0.1) is 0 Å². The Bertz CT molecular complexity index is 866. The Morgan fingerprint density at radius 3 is 2.57 bits per heavy atom. The molecule has 1 aromatic heterocycles. The largest absolute Gasteiger partial charge is 0.508 e. The van der Waals surface area contributed by atoms with Crippen molar-refractivity contribution >= 4 is 11.0 Å². The van der Waals surface area contributed by atoms with E-state index in [1.54, 1.807) is 0 Å². The lowest BCUT2D eigenvalue weighted by Gasteiger charge is -2.07. The molecule has 5 heteroatoms. The van der Waals surface area contributed by atoms with Crippen LogP contribution >= 0.6 is 0 Å². The van der Waals surface area contributed by atoms with Crippen molar-refractivity contribution in [3.63, 3.8) is 0 Å². The van der Waals surface area contributed by atoms with Gasteiger partial charge in [0.1, 0.15) is 17.8 Å². The number of aromatic hydroxyl groups is 1. The summed E-state index contributed by atoms with van der Waals surface area (Å²) in [6.45, 7) is 0. The van der Waals surface area contributed by atoms with Crippen molar-refractivity contribution in [1.29, 1.82) is 0 Å². The average Bonchev–Trinajstić information content (AvgIpc) is 2.48. The summed E-state index contributed by atoms with van der Waals surface area (Å²) >= 11 is 0. The third kappa shape index (κ3) is 2.23. The quantitative estimate of drug-likeness (QED) is 0.785. The topological polar surface area (TPSA) is 59.7 Å². The van der Waals surface area contributed by atoms with Gasteiger partial charge < -0.3 is 14.3 Å². The summed E-state index contributed by atoms with van der Waals surface area (Å²) in [6.07, 6.45) is 1.30. The first-order valence-corrected chi connectivity index (χ1v) is 6.18. The Hall–Kier alpha value is -2.82. The van der Waals surface area contributed by atoms with E-state index in [4.69, 9.17) is 9.15 Å². The van der Waals surface area contributed by atoms with Crippen LogP contribution in [0.15, 0.2) is 51.9 Å². The number of fused-ring (bicyclic) bond motifs is 1. The fraction of sp³-hybridized carbons (Fsp3) is 0.0625. The van der Waals surface area contributed by atoms with Crippen LogP contribution < -0.4 is 10.2 Å². The molecule has 0 atom stereocenters. The van der Waals surface area contributed by atoms with Gasteiger partial charge in [-0.1, -0.05) is 12.1 Å². The molecule has 0 saturated heterocycles. The van der Waals surface area contributed by atoms with Crippen LogP contribution in [0.5, 0.6) is 11.5 Å². The Morgan fingerprint density at radius 1 is 1.19 bits per heavy atom. The molecule has 0 saturated carbocycles. The molecule has 3 aromatic rings. The molecule has 0 unspecified atom stereocenters. The van der Waals surface area contributed by atoms with Crippen LogP contribution in [-0.2, 0) is 0 Å². The highest BCUT2D eigenvalue weighted by Gasteiger charge is 2.14. The van der Waals surface area contributed by atoms with Gasteiger partial charge in [0.25, 0.3) is 0 Å². The second-order valence-corrected chi connectivity index (χ2v) is 4.51. The molecule has 1 heterocycles. The molecule has 4 nitrogen and oxygen atoms in total. The zero-order valence-corrected chi connectivity index (χ0v) is 11.1. The van der Waals surface area contributed by atoms with Gasteiger partial charge in [-0.05, 0) is 23.8 Å². The minimum Gasteiger partial charge on any atom is -0.508 e. The minimum absolute atomic E-state index is 0.0945. The van der Waals surface area contributed by atoms with E-state index in [1.165, 1.54) is 49.8 Å². The number of benzene rings is 2. The molecule has 0 spiro atoms. The highest BCUT2D eigenvalue weighted by Crippen LogP contribution is 2.30. The zero-order chi connectivity index (χ0) is 15.0. The van der Waals surface area contributed by atoms with Gasteiger partial charge in [0.2, 0.25) is 5.43 Å². The van der Waals surface area contributed by atoms with Gasteiger partial charge in [-0.2, -0.15) is 0 Å². The molecule has 0 radical (unpaired) electrons. The van der Waals surface area contributed by atoms with Gasteiger partial charge in [-0.3, -0.25) is 4.79 Å². The summed E-state index contributed by atoms with van der Waals surface area (Å²) < 4.78 is 23.5. The van der Waals surface area contributed by atoms with E-state index in [-0.39, 0.29) is 39.3 Å². The lowest BCUT2D eigenvalue weighted by Crippen LogP contribution is -2.05. The first-order valence-electron chi connectivity index (χ1n) is 6.18. The van der Waals surface area contributed by atoms with E-state index in [1.807, 2.05) is 0 Å². The summed E-state index contributed by atoms with van der Waals surface area (Å²) in [5.41, 5.74) is 0.757. The number of ether oxygens (including phenoxy) is 1. The van der Waals surface area contributed by atoms with Crippen LogP contribution in [-0.4, -0.2) is 12.2 Å². The molecule has 0 bridgehead atoms. The first-order chi connectivity index (χ1) is 10.1. The zero-order valence-electron chi connectivity index (χ0n) is 11.1. The number of hydrogen-bond donors (Lipinski definition) is 1. The van der Waals surface area contributed by atoms with Crippen molar-refractivity contribution < 1.29 is 18.7 Å². The number of halogens is 1. The highest BCUT2D eigenvalue weighted by atomic mass is 19.1. The molecule has 0 aliphatic heterocycles.